The summed E-state index contributed by atoms with van der Waals surface area (Å²) in [6.07, 6.45) is 1.45. The molecule has 0 saturated carbocycles. The Hall–Kier alpha value is -3.87. The number of hydrogen-bond donors (Lipinski definition) is 0. The summed E-state index contributed by atoms with van der Waals surface area (Å²) in [5.74, 6) is -0.237. The normalized spacial score (nSPS) is 10.8. The lowest BCUT2D eigenvalue weighted by molar-refractivity contribution is 0.0520. The van der Waals surface area contributed by atoms with Crippen molar-refractivity contribution in [1.29, 1.82) is 0 Å². The highest BCUT2D eigenvalue weighted by Crippen LogP contribution is 2.19. The molecule has 0 atom stereocenters. The van der Waals surface area contributed by atoms with Gasteiger partial charge in [0.2, 0.25) is 0 Å². The van der Waals surface area contributed by atoms with Gasteiger partial charge in [-0.3, -0.25) is 4.79 Å². The molecule has 0 saturated heterocycles. The topological polar surface area (TPSA) is 87.0 Å². The van der Waals surface area contributed by atoms with Crippen LogP contribution >= 0.6 is 0 Å². The molecule has 2 aromatic carbocycles. The molecule has 2 aromatic heterocycles. The number of fused-ring (bicyclic) bond motifs is 1. The van der Waals surface area contributed by atoms with Crippen molar-refractivity contribution in [3.8, 4) is 17.1 Å². The zero-order chi connectivity index (χ0) is 19.5. The van der Waals surface area contributed by atoms with E-state index in [1.54, 1.807) is 31.2 Å². The maximum Gasteiger partial charge on any atom is 0.359 e. The second kappa shape index (κ2) is 7.40. The molecule has 0 fully saturated rings. The Labute approximate surface area is 160 Å². The van der Waals surface area contributed by atoms with Gasteiger partial charge in [0.25, 0.3) is 5.56 Å². The average Bonchev–Trinajstić information content (AvgIpc) is 2.75. The van der Waals surface area contributed by atoms with Gasteiger partial charge in [0.1, 0.15) is 5.52 Å². The number of para-hydroxylation sites is 1. The fourth-order valence-electron chi connectivity index (χ4n) is 2.84. The van der Waals surface area contributed by atoms with Gasteiger partial charge in [-0.1, -0.05) is 48.5 Å². The molecule has 4 rings (SSSR count). The minimum atomic E-state index is -0.631. The van der Waals surface area contributed by atoms with E-state index in [1.165, 1.54) is 6.20 Å². The predicted octanol–water partition coefficient (Wildman–Crippen LogP) is 3.02. The molecule has 0 bridgehead atoms. The average molecular weight is 372 g/mol. The lowest BCUT2D eigenvalue weighted by atomic mass is 10.2. The third kappa shape index (κ3) is 3.14. The lowest BCUT2D eigenvalue weighted by Crippen LogP contribution is -2.26. The monoisotopic (exact) mass is 372 g/mol. The summed E-state index contributed by atoms with van der Waals surface area (Å²) in [5.41, 5.74) is 0.967. The molecule has 0 aliphatic rings. The fourth-order valence-corrected chi connectivity index (χ4v) is 2.84. The van der Waals surface area contributed by atoms with Crippen LogP contribution in [0.4, 0.5) is 0 Å². The molecule has 138 valence electrons. The molecule has 0 radical (unpaired) electrons. The molecule has 28 heavy (non-hydrogen) atoms. The Balaban J connectivity index is 2.01. The zero-order valence-electron chi connectivity index (χ0n) is 15.1. The lowest BCUT2D eigenvalue weighted by Gasteiger charge is -2.10. The van der Waals surface area contributed by atoms with Crippen LogP contribution in [0, 0.1) is 0 Å². The molecule has 2 heterocycles. The summed E-state index contributed by atoms with van der Waals surface area (Å²) < 4.78 is 6.27. The molecule has 0 N–H and O–H groups in total. The highest BCUT2D eigenvalue weighted by Gasteiger charge is 2.20. The molecule has 0 aliphatic carbocycles. The van der Waals surface area contributed by atoms with Gasteiger partial charge in [-0.25, -0.2) is 14.8 Å². The van der Waals surface area contributed by atoms with Gasteiger partial charge in [-0.2, -0.15) is 9.78 Å². The number of benzene rings is 2. The van der Waals surface area contributed by atoms with Crippen molar-refractivity contribution in [1.82, 2.24) is 19.7 Å². The molecular weight excluding hydrogens is 356 g/mol. The summed E-state index contributed by atoms with van der Waals surface area (Å²) in [6.45, 7) is 1.90. The van der Waals surface area contributed by atoms with Crippen LogP contribution in [0.2, 0.25) is 0 Å². The summed E-state index contributed by atoms with van der Waals surface area (Å²) in [4.78, 5) is 34.3. The second-order valence-corrected chi connectivity index (χ2v) is 5.94. The van der Waals surface area contributed by atoms with E-state index in [9.17, 15) is 9.59 Å². The molecule has 0 spiro atoms. The van der Waals surface area contributed by atoms with E-state index < -0.39 is 11.5 Å². The number of aromatic nitrogens is 4. The van der Waals surface area contributed by atoms with E-state index in [-0.39, 0.29) is 23.2 Å². The minimum absolute atomic E-state index is 0.0000789. The van der Waals surface area contributed by atoms with Crippen LogP contribution < -0.4 is 5.56 Å². The van der Waals surface area contributed by atoms with E-state index in [2.05, 4.69) is 15.1 Å². The van der Waals surface area contributed by atoms with Crippen LogP contribution in [0.15, 0.2) is 71.7 Å². The quantitative estimate of drug-likeness (QED) is 0.512. The fraction of sp³-hybridized carbons (Fsp3) is 0.0952. The van der Waals surface area contributed by atoms with Crippen molar-refractivity contribution < 1.29 is 9.53 Å². The summed E-state index contributed by atoms with van der Waals surface area (Å²) >= 11 is 0. The highest BCUT2D eigenvalue weighted by molar-refractivity contribution is 6.01. The molecule has 7 nitrogen and oxygen atoms in total. The van der Waals surface area contributed by atoms with Gasteiger partial charge in [0.05, 0.1) is 17.7 Å². The van der Waals surface area contributed by atoms with Gasteiger partial charge in [-0.05, 0) is 19.1 Å². The third-order valence-electron chi connectivity index (χ3n) is 4.14. The van der Waals surface area contributed by atoms with Crippen LogP contribution in [0.3, 0.4) is 0 Å². The van der Waals surface area contributed by atoms with Crippen LogP contribution in [0.1, 0.15) is 17.4 Å². The van der Waals surface area contributed by atoms with Gasteiger partial charge < -0.3 is 4.74 Å². The molecule has 4 aromatic rings. The standard InChI is InChI=1S/C21H16N4O3/c1-2-28-21(27)18-16-13-22-19(14-9-5-3-6-10-14)23-17(16)20(26)25(24-18)15-11-7-4-8-12-15/h3-13H,2H2,1H3. The maximum absolute atomic E-state index is 13.1. The number of ether oxygens (including phenoxy) is 1. The number of carbonyl (C=O) groups is 1. The Kier molecular flexibility index (Phi) is 4.63. The predicted molar refractivity (Wildman–Crippen MR) is 104 cm³/mol. The maximum atomic E-state index is 13.1. The zero-order valence-corrected chi connectivity index (χ0v) is 15.1. The first-order valence-corrected chi connectivity index (χ1v) is 8.77. The number of hydrogen-bond acceptors (Lipinski definition) is 6. The summed E-state index contributed by atoms with van der Waals surface area (Å²) in [7, 11) is 0. The number of rotatable bonds is 4. The highest BCUT2D eigenvalue weighted by atomic mass is 16.5. The van der Waals surface area contributed by atoms with E-state index >= 15 is 0 Å². The Morgan fingerprint density at radius 3 is 2.39 bits per heavy atom. The Morgan fingerprint density at radius 2 is 1.71 bits per heavy atom. The SMILES string of the molecule is CCOC(=O)c1nn(-c2ccccc2)c(=O)c2nc(-c3ccccc3)ncc12. The van der Waals surface area contributed by atoms with Crippen molar-refractivity contribution >= 4 is 16.9 Å². The van der Waals surface area contributed by atoms with Crippen molar-refractivity contribution in [2.75, 3.05) is 6.61 Å². The molecule has 0 aliphatic heterocycles. The van der Waals surface area contributed by atoms with E-state index in [1.807, 2.05) is 36.4 Å². The number of nitrogens with zero attached hydrogens (tertiary/aromatic N) is 4. The smallest absolute Gasteiger partial charge is 0.359 e. The van der Waals surface area contributed by atoms with Crippen molar-refractivity contribution in [2.45, 2.75) is 6.92 Å². The Morgan fingerprint density at radius 1 is 1.04 bits per heavy atom. The first-order valence-electron chi connectivity index (χ1n) is 8.77. The van der Waals surface area contributed by atoms with Gasteiger partial charge in [-0.15, -0.1) is 0 Å². The van der Waals surface area contributed by atoms with Gasteiger partial charge >= 0.3 is 5.97 Å². The first-order chi connectivity index (χ1) is 13.7. The Bertz CT molecular complexity index is 1200. The third-order valence-corrected chi connectivity index (χ3v) is 4.14. The molecule has 0 unspecified atom stereocenters. The largest absolute Gasteiger partial charge is 0.461 e. The van der Waals surface area contributed by atoms with Crippen molar-refractivity contribution in [3.63, 3.8) is 0 Å². The molecule has 7 heteroatoms. The van der Waals surface area contributed by atoms with Crippen LogP contribution in [-0.2, 0) is 4.74 Å². The van der Waals surface area contributed by atoms with Crippen LogP contribution in [-0.4, -0.2) is 32.3 Å². The first kappa shape index (κ1) is 17.5. The van der Waals surface area contributed by atoms with Crippen molar-refractivity contribution in [3.05, 3.63) is 82.9 Å². The van der Waals surface area contributed by atoms with E-state index in [4.69, 9.17) is 4.74 Å². The minimum Gasteiger partial charge on any atom is -0.461 e. The van der Waals surface area contributed by atoms with Crippen LogP contribution in [0.25, 0.3) is 28.0 Å². The molecular formula is C21H16N4O3. The number of esters is 1. The van der Waals surface area contributed by atoms with Crippen molar-refractivity contribution in [2.24, 2.45) is 0 Å². The number of carbonyl (C=O) groups excluding carboxylic acids is 1. The second-order valence-electron chi connectivity index (χ2n) is 5.94. The van der Waals surface area contributed by atoms with E-state index in [0.717, 1.165) is 10.2 Å². The van der Waals surface area contributed by atoms with Gasteiger partial charge in [0.15, 0.2) is 11.5 Å². The molecule has 0 amide bonds. The summed E-state index contributed by atoms with van der Waals surface area (Å²) in [5, 5.41) is 4.50. The van der Waals surface area contributed by atoms with Crippen LogP contribution in [0.5, 0.6) is 0 Å². The summed E-state index contributed by atoms with van der Waals surface area (Å²) in [6, 6.07) is 18.2. The van der Waals surface area contributed by atoms with E-state index in [0.29, 0.717) is 11.5 Å². The van der Waals surface area contributed by atoms with Gasteiger partial charge in [0, 0.05) is 11.8 Å².